The highest BCUT2D eigenvalue weighted by atomic mass is 16.5. The third kappa shape index (κ3) is 7.30. The van der Waals surface area contributed by atoms with E-state index in [4.69, 9.17) is 19.6 Å². The summed E-state index contributed by atoms with van der Waals surface area (Å²) in [4.78, 5) is 12.3. The smallest absolute Gasteiger partial charge is 0.352 e. The highest BCUT2D eigenvalue weighted by Crippen LogP contribution is 2.30. The molecule has 0 saturated carbocycles. The number of benzene rings is 4. The van der Waals surface area contributed by atoms with Gasteiger partial charge in [-0.2, -0.15) is 0 Å². The molecule has 0 aliphatic rings. The fraction of sp³-hybridized carbons (Fsp3) is 0.133. The number of carbonyl (C=O) groups is 1. The van der Waals surface area contributed by atoms with Crippen molar-refractivity contribution in [3.05, 3.63) is 131 Å². The van der Waals surface area contributed by atoms with Crippen molar-refractivity contribution in [2.75, 3.05) is 0 Å². The van der Waals surface area contributed by atoms with Gasteiger partial charge in [0, 0.05) is 6.42 Å². The van der Waals surface area contributed by atoms with Gasteiger partial charge in [-0.05, 0) is 34.4 Å². The first kappa shape index (κ1) is 23.8. The Labute approximate surface area is 205 Å². The molecule has 0 fully saturated rings. The molecule has 0 aliphatic heterocycles. The second-order valence-corrected chi connectivity index (χ2v) is 8.05. The number of esters is 1. The first-order valence-electron chi connectivity index (χ1n) is 11.4. The summed E-state index contributed by atoms with van der Waals surface area (Å²) >= 11 is 0. The maximum Gasteiger partial charge on any atom is 0.352 e. The van der Waals surface area contributed by atoms with E-state index in [9.17, 15) is 4.79 Å². The number of hydrogen-bond acceptors (Lipinski definition) is 5. The van der Waals surface area contributed by atoms with Gasteiger partial charge in [0.2, 0.25) is 0 Å². The Balaban J connectivity index is 1.43. The first-order chi connectivity index (χ1) is 17.2. The molecule has 0 radical (unpaired) electrons. The summed E-state index contributed by atoms with van der Waals surface area (Å²) in [6, 6.07) is 34.7. The number of ether oxygens (including phenoxy) is 3. The first-order valence-corrected chi connectivity index (χ1v) is 11.4. The minimum atomic E-state index is -0.634. The second kappa shape index (κ2) is 12.2. The summed E-state index contributed by atoms with van der Waals surface area (Å²) < 4.78 is 17.4. The van der Waals surface area contributed by atoms with Gasteiger partial charge in [0.25, 0.3) is 0 Å². The maximum absolute atomic E-state index is 12.3. The summed E-state index contributed by atoms with van der Waals surface area (Å²) in [5.74, 6) is 0.532. The van der Waals surface area contributed by atoms with E-state index in [1.54, 1.807) is 0 Å². The molecule has 35 heavy (non-hydrogen) atoms. The van der Waals surface area contributed by atoms with Crippen molar-refractivity contribution in [2.45, 2.75) is 26.2 Å². The van der Waals surface area contributed by atoms with E-state index in [2.05, 4.69) is 0 Å². The average Bonchev–Trinajstić information content (AvgIpc) is 2.91. The van der Waals surface area contributed by atoms with E-state index in [-0.39, 0.29) is 18.7 Å². The fourth-order valence-corrected chi connectivity index (χ4v) is 3.45. The van der Waals surface area contributed by atoms with Crippen molar-refractivity contribution in [1.29, 1.82) is 5.41 Å². The highest BCUT2D eigenvalue weighted by Gasteiger charge is 2.15. The molecule has 0 heterocycles. The van der Waals surface area contributed by atoms with Crippen molar-refractivity contribution < 1.29 is 19.0 Å². The maximum atomic E-state index is 12.3. The third-order valence-electron chi connectivity index (χ3n) is 5.32. The van der Waals surface area contributed by atoms with Crippen LogP contribution in [0.4, 0.5) is 0 Å². The Hall–Kier alpha value is -4.38. The van der Waals surface area contributed by atoms with Crippen LogP contribution >= 0.6 is 0 Å². The van der Waals surface area contributed by atoms with Crippen LogP contribution in [0.1, 0.15) is 22.3 Å². The molecule has 0 aliphatic carbocycles. The molecular weight excluding hydrogens is 438 g/mol. The Morgan fingerprint density at radius 1 is 0.571 bits per heavy atom. The van der Waals surface area contributed by atoms with Gasteiger partial charge in [0.05, 0.1) is 0 Å². The van der Waals surface area contributed by atoms with Gasteiger partial charge in [-0.1, -0.05) is 97.1 Å². The van der Waals surface area contributed by atoms with E-state index in [1.165, 1.54) is 0 Å². The van der Waals surface area contributed by atoms with Crippen molar-refractivity contribution in [3.63, 3.8) is 0 Å². The summed E-state index contributed by atoms with van der Waals surface area (Å²) in [6.07, 6.45) is 0.133. The zero-order chi connectivity index (χ0) is 24.3. The van der Waals surface area contributed by atoms with Crippen LogP contribution in [0.3, 0.4) is 0 Å². The van der Waals surface area contributed by atoms with Crippen LogP contribution in [-0.2, 0) is 35.8 Å². The van der Waals surface area contributed by atoms with Crippen LogP contribution in [0.25, 0.3) is 0 Å². The van der Waals surface area contributed by atoms with E-state index in [1.807, 2.05) is 109 Å². The van der Waals surface area contributed by atoms with Crippen molar-refractivity contribution >= 4 is 11.7 Å². The largest absolute Gasteiger partial charge is 0.485 e. The van der Waals surface area contributed by atoms with Crippen LogP contribution in [0.5, 0.6) is 11.5 Å². The molecule has 0 bridgehead atoms. The monoisotopic (exact) mass is 465 g/mol. The normalized spacial score (nSPS) is 10.4. The van der Waals surface area contributed by atoms with Crippen molar-refractivity contribution in [3.8, 4) is 11.5 Å². The Bertz CT molecular complexity index is 1240. The lowest BCUT2D eigenvalue weighted by Crippen LogP contribution is -2.18. The highest BCUT2D eigenvalue weighted by molar-refractivity contribution is 6.35. The minimum absolute atomic E-state index is 0.118. The minimum Gasteiger partial charge on any atom is -0.485 e. The van der Waals surface area contributed by atoms with Crippen LogP contribution in [0, 0.1) is 5.41 Å². The molecule has 0 amide bonds. The van der Waals surface area contributed by atoms with Gasteiger partial charge in [-0.25, -0.2) is 4.79 Å². The lowest BCUT2D eigenvalue weighted by Gasteiger charge is -2.15. The number of rotatable bonds is 11. The van der Waals surface area contributed by atoms with Crippen LogP contribution in [0.15, 0.2) is 109 Å². The molecule has 0 atom stereocenters. The van der Waals surface area contributed by atoms with Gasteiger partial charge in [0.15, 0.2) is 11.5 Å². The van der Waals surface area contributed by atoms with Crippen molar-refractivity contribution in [2.24, 2.45) is 0 Å². The molecule has 5 nitrogen and oxygen atoms in total. The van der Waals surface area contributed by atoms with E-state index >= 15 is 0 Å². The lowest BCUT2D eigenvalue weighted by atomic mass is 10.1. The van der Waals surface area contributed by atoms with Gasteiger partial charge < -0.3 is 14.2 Å². The summed E-state index contributed by atoms with van der Waals surface area (Å²) in [6.45, 7) is 0.922. The number of nitrogens with one attached hydrogen (secondary N) is 1. The van der Waals surface area contributed by atoms with Crippen LogP contribution in [0.2, 0.25) is 0 Å². The van der Waals surface area contributed by atoms with Crippen LogP contribution in [-0.4, -0.2) is 11.7 Å². The molecule has 5 heteroatoms. The summed E-state index contributed by atoms with van der Waals surface area (Å²) in [5, 5.41) is 8.21. The molecular formula is C30H27NO4. The van der Waals surface area contributed by atoms with Crippen molar-refractivity contribution in [1.82, 2.24) is 0 Å². The van der Waals surface area contributed by atoms with Gasteiger partial charge >= 0.3 is 5.97 Å². The molecule has 176 valence electrons. The number of hydrogen-bond donors (Lipinski definition) is 1. The van der Waals surface area contributed by atoms with Gasteiger partial charge in [0.1, 0.15) is 25.5 Å². The molecule has 4 aromatic carbocycles. The second-order valence-electron chi connectivity index (χ2n) is 8.05. The summed E-state index contributed by atoms with van der Waals surface area (Å²) in [5.41, 5.74) is 3.61. The molecule has 0 unspecified atom stereocenters. The predicted octanol–water partition coefficient (Wildman–Crippen LogP) is 6.15. The van der Waals surface area contributed by atoms with Gasteiger partial charge in [-0.3, -0.25) is 5.41 Å². The molecule has 0 saturated heterocycles. The lowest BCUT2D eigenvalue weighted by molar-refractivity contribution is -0.137. The summed E-state index contributed by atoms with van der Waals surface area (Å²) in [7, 11) is 0. The Kier molecular flexibility index (Phi) is 8.28. The average molecular weight is 466 g/mol. The van der Waals surface area contributed by atoms with E-state index < -0.39 is 5.97 Å². The predicted molar refractivity (Wildman–Crippen MR) is 136 cm³/mol. The van der Waals surface area contributed by atoms with Crippen LogP contribution < -0.4 is 9.47 Å². The zero-order valence-electron chi connectivity index (χ0n) is 19.4. The fourth-order valence-electron chi connectivity index (χ4n) is 3.45. The quantitative estimate of drug-likeness (QED) is 0.213. The van der Waals surface area contributed by atoms with E-state index in [0.29, 0.717) is 24.7 Å². The molecule has 1 N–H and O–H groups in total. The molecule has 4 rings (SSSR count). The topological polar surface area (TPSA) is 68.6 Å². The molecule has 0 aromatic heterocycles. The SMILES string of the molecule is N=C(Cc1ccc(OCc2ccccc2)c(OCc2ccccc2)c1)C(=O)OCc1ccccc1. The van der Waals surface area contributed by atoms with Gasteiger partial charge in [-0.15, -0.1) is 0 Å². The Morgan fingerprint density at radius 2 is 1.06 bits per heavy atom. The number of carbonyl (C=O) groups excluding carboxylic acids is 1. The molecule has 0 spiro atoms. The zero-order valence-corrected chi connectivity index (χ0v) is 19.4. The Morgan fingerprint density at radius 3 is 1.60 bits per heavy atom. The van der Waals surface area contributed by atoms with E-state index in [0.717, 1.165) is 22.3 Å². The standard InChI is InChI=1S/C30H27NO4/c31-27(30(32)35-22-25-14-8-3-9-15-25)18-26-16-17-28(33-20-23-10-4-1-5-11-23)29(19-26)34-21-24-12-6-2-7-13-24/h1-17,19,31H,18,20-22H2. The molecule has 4 aromatic rings. The third-order valence-corrected chi connectivity index (χ3v) is 5.32.